The van der Waals surface area contributed by atoms with E-state index in [2.05, 4.69) is 11.8 Å². The molecule has 10 heteroatoms. The van der Waals surface area contributed by atoms with E-state index in [-0.39, 0.29) is 22.0 Å². The number of hydrogen-bond donors (Lipinski definition) is 1. The number of morpholine rings is 1. The van der Waals surface area contributed by atoms with Crippen molar-refractivity contribution >= 4 is 26.6 Å². The van der Waals surface area contributed by atoms with Gasteiger partial charge in [0.1, 0.15) is 5.82 Å². The van der Waals surface area contributed by atoms with E-state index in [1.54, 1.807) is 19.2 Å². The second-order valence-electron chi connectivity index (χ2n) is 10.4. The predicted molar refractivity (Wildman–Crippen MR) is 143 cm³/mol. The van der Waals surface area contributed by atoms with E-state index in [9.17, 15) is 13.2 Å². The average Bonchev–Trinajstić information content (AvgIpc) is 3.61. The Bertz CT molecular complexity index is 1490. The van der Waals surface area contributed by atoms with Crippen molar-refractivity contribution < 1.29 is 17.9 Å². The van der Waals surface area contributed by atoms with E-state index in [1.165, 1.54) is 6.07 Å². The standard InChI is InChI=1S/C27H34N4O5S/c1-18-14-22(37(28,33)34)6-4-19(18)8-11-31-25(32)23-7-5-20(30-12-13-36-21(16-30)17-35-3)15-24(23)29-26(31)27(2)9-10-27/h4-7,14-15,21H,8-13,16-17H2,1-3H3,(H2,28,33,34)/t21-/m1/s1. The number of hydrogen-bond acceptors (Lipinski definition) is 7. The highest BCUT2D eigenvalue weighted by atomic mass is 32.2. The third-order valence-corrected chi connectivity index (χ3v) is 8.49. The molecule has 1 atom stereocenters. The van der Waals surface area contributed by atoms with Crippen molar-refractivity contribution in [1.29, 1.82) is 0 Å². The van der Waals surface area contributed by atoms with Crippen LogP contribution < -0.4 is 15.6 Å². The number of rotatable bonds is 8. The van der Waals surface area contributed by atoms with Crippen LogP contribution in [0.25, 0.3) is 10.9 Å². The Kier molecular flexibility index (Phi) is 6.86. The first-order valence-electron chi connectivity index (χ1n) is 12.6. The van der Waals surface area contributed by atoms with Gasteiger partial charge in [0.2, 0.25) is 10.0 Å². The summed E-state index contributed by atoms with van der Waals surface area (Å²) < 4.78 is 36.2. The van der Waals surface area contributed by atoms with Crippen LogP contribution in [-0.4, -0.2) is 57.5 Å². The largest absolute Gasteiger partial charge is 0.382 e. The second kappa shape index (κ2) is 9.83. The molecule has 0 amide bonds. The molecule has 37 heavy (non-hydrogen) atoms. The molecule has 0 spiro atoms. The Hall–Kier alpha value is -2.79. The van der Waals surface area contributed by atoms with Gasteiger partial charge in [0.25, 0.3) is 5.56 Å². The number of nitrogens with two attached hydrogens (primary N) is 1. The highest BCUT2D eigenvalue weighted by Crippen LogP contribution is 2.46. The Morgan fingerprint density at radius 3 is 2.68 bits per heavy atom. The Labute approximate surface area is 217 Å². The summed E-state index contributed by atoms with van der Waals surface area (Å²) in [6.45, 7) is 7.15. The second-order valence-corrected chi connectivity index (χ2v) is 12.0. The molecule has 1 saturated heterocycles. The van der Waals surface area contributed by atoms with Crippen LogP contribution in [0.3, 0.4) is 0 Å². The quantitative estimate of drug-likeness (QED) is 0.479. The SMILES string of the molecule is COC[C@H]1CN(c2ccc3c(=O)n(CCc4ccc(S(N)(=O)=O)cc4C)c(C4(C)CC4)nc3c2)CCO1. The van der Waals surface area contributed by atoms with E-state index >= 15 is 0 Å². The van der Waals surface area contributed by atoms with Crippen LogP contribution in [-0.2, 0) is 37.9 Å². The first-order chi connectivity index (χ1) is 17.6. The van der Waals surface area contributed by atoms with E-state index in [1.807, 2.05) is 29.7 Å². The molecule has 2 N–H and O–H groups in total. The minimum absolute atomic E-state index is 0.0128. The molecule has 2 aliphatic rings. The van der Waals surface area contributed by atoms with Gasteiger partial charge in [-0.3, -0.25) is 9.36 Å². The molecular formula is C27H34N4O5S. The summed E-state index contributed by atoms with van der Waals surface area (Å²) in [6, 6.07) is 10.8. The fourth-order valence-electron chi connectivity index (χ4n) is 5.08. The number of ether oxygens (including phenoxy) is 2. The number of aromatic nitrogens is 2. The van der Waals surface area contributed by atoms with Gasteiger partial charge in [0, 0.05) is 37.8 Å². The summed E-state index contributed by atoms with van der Waals surface area (Å²) in [5.41, 5.74) is 3.38. The first kappa shape index (κ1) is 25.8. The zero-order valence-electron chi connectivity index (χ0n) is 21.6. The lowest BCUT2D eigenvalue weighted by atomic mass is 10.0. The molecule has 0 unspecified atom stereocenters. The number of methoxy groups -OCH3 is 1. The number of primary sulfonamides is 1. The molecule has 0 radical (unpaired) electrons. The number of benzene rings is 2. The minimum atomic E-state index is -3.76. The van der Waals surface area contributed by atoms with Crippen molar-refractivity contribution in [3.8, 4) is 0 Å². The lowest BCUT2D eigenvalue weighted by molar-refractivity contribution is -0.0100. The summed E-state index contributed by atoms with van der Waals surface area (Å²) in [5.74, 6) is 0.820. The van der Waals surface area contributed by atoms with E-state index in [0.717, 1.165) is 48.6 Å². The van der Waals surface area contributed by atoms with E-state index in [4.69, 9.17) is 19.6 Å². The average molecular weight is 527 g/mol. The van der Waals surface area contributed by atoms with Crippen LogP contribution in [0, 0.1) is 6.92 Å². The molecule has 1 aromatic heterocycles. The number of aryl methyl sites for hydroxylation is 2. The Balaban J connectivity index is 1.47. The number of anilines is 1. The number of sulfonamides is 1. The van der Waals surface area contributed by atoms with Gasteiger partial charge in [-0.2, -0.15) is 0 Å². The maximum absolute atomic E-state index is 13.7. The van der Waals surface area contributed by atoms with Gasteiger partial charge in [0.15, 0.2) is 0 Å². The van der Waals surface area contributed by atoms with Gasteiger partial charge in [-0.25, -0.2) is 18.5 Å². The van der Waals surface area contributed by atoms with Crippen LogP contribution >= 0.6 is 0 Å². The first-order valence-corrected chi connectivity index (χ1v) is 14.2. The Morgan fingerprint density at radius 2 is 2.00 bits per heavy atom. The molecule has 2 fully saturated rings. The van der Waals surface area contributed by atoms with Crippen molar-refractivity contribution in [1.82, 2.24) is 9.55 Å². The normalized spacial score (nSPS) is 19.4. The predicted octanol–water partition coefficient (Wildman–Crippen LogP) is 2.50. The third-order valence-electron chi connectivity index (χ3n) is 7.58. The molecule has 2 aromatic carbocycles. The summed E-state index contributed by atoms with van der Waals surface area (Å²) in [4.78, 5) is 21.1. The molecule has 5 rings (SSSR count). The fourth-order valence-corrected chi connectivity index (χ4v) is 5.68. The molecule has 198 valence electrons. The summed E-state index contributed by atoms with van der Waals surface area (Å²) in [6.07, 6.45) is 2.59. The van der Waals surface area contributed by atoms with E-state index in [0.29, 0.717) is 37.1 Å². The molecular weight excluding hydrogens is 492 g/mol. The van der Waals surface area contributed by atoms with Crippen molar-refractivity contribution in [3.63, 3.8) is 0 Å². The van der Waals surface area contributed by atoms with Crippen molar-refractivity contribution in [3.05, 3.63) is 63.7 Å². The van der Waals surface area contributed by atoms with Gasteiger partial charge in [-0.15, -0.1) is 0 Å². The fraction of sp³-hybridized carbons (Fsp3) is 0.481. The van der Waals surface area contributed by atoms with Gasteiger partial charge in [-0.05, 0) is 67.6 Å². The summed E-state index contributed by atoms with van der Waals surface area (Å²) in [7, 11) is -2.08. The van der Waals surface area contributed by atoms with Crippen LogP contribution in [0.4, 0.5) is 5.69 Å². The highest BCUT2D eigenvalue weighted by molar-refractivity contribution is 7.89. The minimum Gasteiger partial charge on any atom is -0.382 e. The van der Waals surface area contributed by atoms with Crippen LogP contribution in [0.15, 0.2) is 46.1 Å². The molecule has 2 heterocycles. The number of nitrogens with zero attached hydrogens (tertiary/aromatic N) is 3. The van der Waals surface area contributed by atoms with E-state index < -0.39 is 10.0 Å². The molecule has 1 aliphatic heterocycles. The maximum atomic E-state index is 13.7. The van der Waals surface area contributed by atoms with Crippen LogP contribution in [0.5, 0.6) is 0 Å². The van der Waals surface area contributed by atoms with Crippen molar-refractivity contribution in [2.24, 2.45) is 5.14 Å². The smallest absolute Gasteiger partial charge is 0.261 e. The maximum Gasteiger partial charge on any atom is 0.261 e. The third kappa shape index (κ3) is 5.29. The van der Waals surface area contributed by atoms with Gasteiger partial charge in [0.05, 0.1) is 35.1 Å². The summed E-state index contributed by atoms with van der Waals surface area (Å²) >= 11 is 0. The molecule has 1 aliphatic carbocycles. The lowest BCUT2D eigenvalue weighted by Gasteiger charge is -2.34. The van der Waals surface area contributed by atoms with Crippen molar-refractivity contribution in [2.45, 2.75) is 56.1 Å². The molecule has 9 nitrogen and oxygen atoms in total. The van der Waals surface area contributed by atoms with Gasteiger partial charge < -0.3 is 14.4 Å². The molecule has 3 aromatic rings. The van der Waals surface area contributed by atoms with Crippen LogP contribution in [0.2, 0.25) is 0 Å². The topological polar surface area (TPSA) is 117 Å². The van der Waals surface area contributed by atoms with Crippen LogP contribution in [0.1, 0.15) is 36.7 Å². The van der Waals surface area contributed by atoms with Gasteiger partial charge in [-0.1, -0.05) is 13.0 Å². The zero-order valence-corrected chi connectivity index (χ0v) is 22.4. The highest BCUT2D eigenvalue weighted by Gasteiger charge is 2.43. The molecule has 0 bridgehead atoms. The number of fused-ring (bicyclic) bond motifs is 1. The zero-order chi connectivity index (χ0) is 26.4. The monoisotopic (exact) mass is 526 g/mol. The molecule has 1 saturated carbocycles. The van der Waals surface area contributed by atoms with Gasteiger partial charge >= 0.3 is 0 Å². The lowest BCUT2D eigenvalue weighted by Crippen LogP contribution is -2.44. The Morgan fingerprint density at radius 1 is 1.22 bits per heavy atom. The van der Waals surface area contributed by atoms with Crippen molar-refractivity contribution in [2.75, 3.05) is 38.3 Å². The summed E-state index contributed by atoms with van der Waals surface area (Å²) in [5, 5.41) is 5.87.